The second-order valence-corrected chi connectivity index (χ2v) is 10.4. The smallest absolute Gasteiger partial charge is 0.129 e. The molecule has 0 amide bonds. The van der Waals surface area contributed by atoms with Crippen LogP contribution in [0.5, 0.6) is 11.5 Å². The van der Waals surface area contributed by atoms with Crippen molar-refractivity contribution in [3.05, 3.63) is 146 Å². The second-order valence-electron chi connectivity index (χ2n) is 10.4. The average Bonchev–Trinajstić information content (AvgIpc) is 3.56. The van der Waals surface area contributed by atoms with Gasteiger partial charge in [0.25, 0.3) is 0 Å². The van der Waals surface area contributed by atoms with Crippen LogP contribution in [0.15, 0.2) is 135 Å². The quantitative estimate of drug-likeness (QED) is 0.159. The van der Waals surface area contributed by atoms with E-state index in [0.717, 1.165) is 56.4 Å². The van der Waals surface area contributed by atoms with Crippen molar-refractivity contribution in [1.29, 1.82) is 0 Å². The van der Waals surface area contributed by atoms with E-state index < -0.39 is 0 Å². The van der Waals surface area contributed by atoms with Crippen LogP contribution in [-0.2, 0) is 0 Å². The highest BCUT2D eigenvalue weighted by atomic mass is 16.5. The molecule has 0 saturated carbocycles. The van der Waals surface area contributed by atoms with Gasteiger partial charge in [0, 0.05) is 22.5 Å². The summed E-state index contributed by atoms with van der Waals surface area (Å²) in [6, 6.07) is 38.2. The molecular weight excluding hydrogens is 516 g/mol. The first kappa shape index (κ1) is 27.0. The van der Waals surface area contributed by atoms with Crippen molar-refractivity contribution in [3.63, 3.8) is 0 Å². The van der Waals surface area contributed by atoms with Crippen molar-refractivity contribution >= 4 is 11.0 Å². The zero-order valence-corrected chi connectivity index (χ0v) is 24.1. The number of ether oxygens (including phenoxy) is 2. The maximum Gasteiger partial charge on any atom is 0.129 e. The minimum absolute atomic E-state index is 0.434. The van der Waals surface area contributed by atoms with E-state index in [1.807, 2.05) is 24.3 Å². The molecular formula is C38H34N2O2. The van der Waals surface area contributed by atoms with E-state index in [4.69, 9.17) is 9.47 Å². The summed E-state index contributed by atoms with van der Waals surface area (Å²) in [5, 5.41) is 0. The Morgan fingerprint density at radius 3 is 1.31 bits per heavy atom. The average molecular weight is 551 g/mol. The molecule has 0 aliphatic heterocycles. The number of aryl methyl sites for hydroxylation is 2. The maximum absolute atomic E-state index is 6.13. The molecule has 0 N–H and O–H groups in total. The number of rotatable bonds is 10. The van der Waals surface area contributed by atoms with Gasteiger partial charge in [-0.1, -0.05) is 85.0 Å². The van der Waals surface area contributed by atoms with Crippen LogP contribution >= 0.6 is 0 Å². The molecule has 0 atom stereocenters. The minimum atomic E-state index is 0.434. The number of benzene rings is 4. The van der Waals surface area contributed by atoms with E-state index in [9.17, 15) is 0 Å². The summed E-state index contributed by atoms with van der Waals surface area (Å²) in [6.45, 7) is 12.8. The Bertz CT molecular complexity index is 1730. The highest BCUT2D eigenvalue weighted by Crippen LogP contribution is 2.42. The first-order chi connectivity index (χ1) is 20.6. The van der Waals surface area contributed by atoms with Gasteiger partial charge in [-0.05, 0) is 74.5 Å². The third kappa shape index (κ3) is 5.04. The number of para-hydroxylation sites is 2. The summed E-state index contributed by atoms with van der Waals surface area (Å²) in [4.78, 5) is 0. The van der Waals surface area contributed by atoms with Crippen LogP contribution in [0.4, 0.5) is 0 Å². The predicted octanol–water partition coefficient (Wildman–Crippen LogP) is 9.50. The van der Waals surface area contributed by atoms with Gasteiger partial charge in [-0.3, -0.25) is 0 Å². The lowest BCUT2D eigenvalue weighted by Gasteiger charge is -2.16. The SMILES string of the molecule is C=CCOc1ccccc1-c1cc2c(cc(-c3ccccc3OCC=C)n2-c2ccc(C)cc2)n1-c1ccc(C)cc1. The van der Waals surface area contributed by atoms with E-state index in [-0.39, 0.29) is 0 Å². The van der Waals surface area contributed by atoms with Crippen molar-refractivity contribution in [1.82, 2.24) is 9.13 Å². The molecule has 0 fully saturated rings. The predicted molar refractivity (Wildman–Crippen MR) is 174 cm³/mol. The van der Waals surface area contributed by atoms with Crippen molar-refractivity contribution in [3.8, 4) is 45.4 Å². The summed E-state index contributed by atoms with van der Waals surface area (Å²) < 4.78 is 16.9. The second kappa shape index (κ2) is 11.7. The normalized spacial score (nSPS) is 11.0. The zero-order valence-electron chi connectivity index (χ0n) is 24.1. The number of fused-ring (bicyclic) bond motifs is 1. The molecule has 2 heterocycles. The third-order valence-electron chi connectivity index (χ3n) is 7.40. The minimum Gasteiger partial charge on any atom is -0.489 e. The van der Waals surface area contributed by atoms with Gasteiger partial charge in [-0.25, -0.2) is 0 Å². The van der Waals surface area contributed by atoms with E-state index >= 15 is 0 Å². The Labute approximate surface area is 247 Å². The van der Waals surface area contributed by atoms with Gasteiger partial charge in [-0.2, -0.15) is 0 Å². The fourth-order valence-electron chi connectivity index (χ4n) is 5.40. The lowest BCUT2D eigenvalue weighted by atomic mass is 10.1. The molecule has 0 aliphatic rings. The van der Waals surface area contributed by atoms with E-state index in [1.165, 1.54) is 11.1 Å². The van der Waals surface area contributed by atoms with Gasteiger partial charge in [0.2, 0.25) is 0 Å². The fourth-order valence-corrected chi connectivity index (χ4v) is 5.40. The molecule has 6 aromatic rings. The van der Waals surface area contributed by atoms with Crippen molar-refractivity contribution in [2.24, 2.45) is 0 Å². The number of nitrogens with zero attached hydrogens (tertiary/aromatic N) is 2. The lowest BCUT2D eigenvalue weighted by molar-refractivity contribution is 0.364. The number of hydrogen-bond acceptors (Lipinski definition) is 2. The molecule has 0 saturated heterocycles. The first-order valence-electron chi connectivity index (χ1n) is 14.2. The fraction of sp³-hybridized carbons (Fsp3) is 0.105. The van der Waals surface area contributed by atoms with E-state index in [2.05, 4.69) is 121 Å². The molecule has 0 unspecified atom stereocenters. The van der Waals surface area contributed by atoms with Crippen molar-refractivity contribution < 1.29 is 9.47 Å². The molecule has 208 valence electrons. The Morgan fingerprint density at radius 2 is 0.929 bits per heavy atom. The van der Waals surface area contributed by atoms with Crippen LogP contribution < -0.4 is 9.47 Å². The Kier molecular flexibility index (Phi) is 7.52. The molecule has 4 nitrogen and oxygen atoms in total. The van der Waals surface area contributed by atoms with Crippen LogP contribution in [-0.4, -0.2) is 22.3 Å². The standard InChI is InChI=1S/C38H34N2O2/c1-5-23-41-37-13-9-7-11-31(37)33-25-35-36(39(33)29-19-15-27(3)16-20-29)26-34(40(35)30-21-17-28(4)18-22-30)32-12-8-10-14-38(32)42-24-6-2/h5-22,25-26H,1-2,23-24H2,3-4H3. The van der Waals surface area contributed by atoms with Gasteiger partial charge in [-0.15, -0.1) is 0 Å². The Hall–Kier alpha value is -5.22. The highest BCUT2D eigenvalue weighted by molar-refractivity contribution is 5.95. The summed E-state index contributed by atoms with van der Waals surface area (Å²) in [5.41, 5.74) is 10.9. The molecule has 6 rings (SSSR count). The number of aromatic nitrogens is 2. The third-order valence-corrected chi connectivity index (χ3v) is 7.40. The summed E-state index contributed by atoms with van der Waals surface area (Å²) >= 11 is 0. The van der Waals surface area contributed by atoms with Crippen LogP contribution in [0.3, 0.4) is 0 Å². The molecule has 2 aromatic heterocycles. The Morgan fingerprint density at radius 1 is 0.548 bits per heavy atom. The van der Waals surface area contributed by atoms with Gasteiger partial charge < -0.3 is 18.6 Å². The van der Waals surface area contributed by atoms with Gasteiger partial charge in [0.15, 0.2) is 0 Å². The Balaban J connectivity index is 1.69. The van der Waals surface area contributed by atoms with Crippen LogP contribution in [0.1, 0.15) is 11.1 Å². The van der Waals surface area contributed by atoms with E-state index in [1.54, 1.807) is 12.2 Å². The maximum atomic E-state index is 6.13. The zero-order chi connectivity index (χ0) is 29.1. The largest absolute Gasteiger partial charge is 0.489 e. The molecule has 0 spiro atoms. The van der Waals surface area contributed by atoms with E-state index in [0.29, 0.717) is 13.2 Å². The van der Waals surface area contributed by atoms with Crippen LogP contribution in [0.2, 0.25) is 0 Å². The molecule has 4 heteroatoms. The molecule has 0 bridgehead atoms. The summed E-state index contributed by atoms with van der Waals surface area (Å²) in [6.07, 6.45) is 3.55. The van der Waals surface area contributed by atoms with Gasteiger partial charge >= 0.3 is 0 Å². The summed E-state index contributed by atoms with van der Waals surface area (Å²) in [5.74, 6) is 1.63. The monoisotopic (exact) mass is 550 g/mol. The van der Waals surface area contributed by atoms with Crippen molar-refractivity contribution in [2.75, 3.05) is 13.2 Å². The van der Waals surface area contributed by atoms with Gasteiger partial charge in [0.1, 0.15) is 24.7 Å². The molecule has 0 aliphatic carbocycles. The molecule has 42 heavy (non-hydrogen) atoms. The summed E-state index contributed by atoms with van der Waals surface area (Å²) in [7, 11) is 0. The number of hydrogen-bond donors (Lipinski definition) is 0. The topological polar surface area (TPSA) is 28.3 Å². The first-order valence-corrected chi connectivity index (χ1v) is 14.2. The lowest BCUT2D eigenvalue weighted by Crippen LogP contribution is -2.00. The van der Waals surface area contributed by atoms with Crippen molar-refractivity contribution in [2.45, 2.75) is 13.8 Å². The molecule has 0 radical (unpaired) electrons. The highest BCUT2D eigenvalue weighted by Gasteiger charge is 2.23. The molecule has 4 aromatic carbocycles. The van der Waals surface area contributed by atoms with Gasteiger partial charge in [0.05, 0.1) is 22.4 Å². The van der Waals surface area contributed by atoms with Crippen LogP contribution in [0.25, 0.3) is 44.9 Å². The van der Waals surface area contributed by atoms with Crippen LogP contribution in [0, 0.1) is 13.8 Å².